The van der Waals surface area contributed by atoms with Gasteiger partial charge >= 0.3 is 0 Å². The quantitative estimate of drug-likeness (QED) is 0.719. The van der Waals surface area contributed by atoms with Crippen molar-refractivity contribution in [1.82, 2.24) is 10.2 Å². The molecular formula is C25H32N2O3. The molecule has 0 saturated heterocycles. The van der Waals surface area contributed by atoms with Crippen LogP contribution < -0.4 is 10.1 Å². The van der Waals surface area contributed by atoms with Crippen LogP contribution in [0.2, 0.25) is 0 Å². The Morgan fingerprint density at radius 3 is 2.77 bits per heavy atom. The minimum absolute atomic E-state index is 0.157. The normalized spacial score (nSPS) is 25.1. The topological polar surface area (TPSA) is 58.6 Å². The highest BCUT2D eigenvalue weighted by Gasteiger charge is 2.40. The molecule has 1 fully saturated rings. The maximum absolute atomic E-state index is 12.9. The SMILES string of the molecule is COc1ccccc1C(=O)NCC1(C2=CCC(C)C=C2)CCC(=O)/C(=C\N(C)C)C1. The predicted octanol–water partition coefficient (Wildman–Crippen LogP) is 4.13. The maximum Gasteiger partial charge on any atom is 0.255 e. The molecule has 1 amide bonds. The van der Waals surface area contributed by atoms with Crippen molar-refractivity contribution in [1.29, 1.82) is 0 Å². The van der Waals surface area contributed by atoms with Gasteiger partial charge in [-0.15, -0.1) is 0 Å². The van der Waals surface area contributed by atoms with Crippen LogP contribution in [0.4, 0.5) is 0 Å². The first-order valence-corrected chi connectivity index (χ1v) is 10.5. The summed E-state index contributed by atoms with van der Waals surface area (Å²) in [6, 6.07) is 7.24. The lowest BCUT2D eigenvalue weighted by Crippen LogP contribution is -2.42. The number of amides is 1. The van der Waals surface area contributed by atoms with E-state index in [9.17, 15) is 9.59 Å². The van der Waals surface area contributed by atoms with E-state index in [1.165, 1.54) is 5.57 Å². The highest BCUT2D eigenvalue weighted by Crippen LogP contribution is 2.45. The van der Waals surface area contributed by atoms with Gasteiger partial charge in [0.2, 0.25) is 0 Å². The summed E-state index contributed by atoms with van der Waals surface area (Å²) in [5, 5.41) is 3.14. The Hall–Kier alpha value is -2.82. The summed E-state index contributed by atoms with van der Waals surface area (Å²) in [7, 11) is 5.43. The molecule has 1 saturated carbocycles. The van der Waals surface area contributed by atoms with Crippen LogP contribution >= 0.6 is 0 Å². The van der Waals surface area contributed by atoms with Gasteiger partial charge in [-0.2, -0.15) is 0 Å². The molecule has 5 heteroatoms. The van der Waals surface area contributed by atoms with Gasteiger partial charge in [0.1, 0.15) is 5.75 Å². The van der Waals surface area contributed by atoms with Gasteiger partial charge in [0.15, 0.2) is 5.78 Å². The number of ketones is 1. The van der Waals surface area contributed by atoms with Crippen molar-refractivity contribution in [3.05, 3.63) is 65.4 Å². The number of methoxy groups -OCH3 is 1. The monoisotopic (exact) mass is 408 g/mol. The van der Waals surface area contributed by atoms with Gasteiger partial charge in [-0.25, -0.2) is 0 Å². The van der Waals surface area contributed by atoms with Crippen LogP contribution in [0.3, 0.4) is 0 Å². The molecule has 1 aromatic carbocycles. The zero-order chi connectivity index (χ0) is 21.7. The third-order valence-electron chi connectivity index (χ3n) is 6.00. The van der Waals surface area contributed by atoms with E-state index >= 15 is 0 Å². The zero-order valence-electron chi connectivity index (χ0n) is 18.4. The fraction of sp³-hybridized carbons (Fsp3) is 0.440. The molecular weight excluding hydrogens is 376 g/mol. The minimum Gasteiger partial charge on any atom is -0.496 e. The average Bonchev–Trinajstić information content (AvgIpc) is 2.74. The molecule has 2 unspecified atom stereocenters. The number of benzene rings is 1. The standard InChI is InChI=1S/C25H32N2O3/c1-18-9-11-20(12-10-18)25(14-13-22(28)19(15-25)16-27(2)3)17-26-24(29)21-7-5-6-8-23(21)30-4/h5-9,11-12,16,18H,10,13-15,17H2,1-4H3,(H,26,29)/b19-16-. The second kappa shape index (κ2) is 9.33. The van der Waals surface area contributed by atoms with E-state index in [1.807, 2.05) is 37.3 Å². The third kappa shape index (κ3) is 4.84. The number of hydrogen-bond donors (Lipinski definition) is 1. The summed E-state index contributed by atoms with van der Waals surface area (Å²) in [4.78, 5) is 27.4. The minimum atomic E-state index is -0.288. The number of carbonyl (C=O) groups is 2. The largest absolute Gasteiger partial charge is 0.496 e. The number of carbonyl (C=O) groups excluding carboxylic acids is 2. The van der Waals surface area contributed by atoms with Gasteiger partial charge in [-0.1, -0.05) is 37.3 Å². The summed E-state index contributed by atoms with van der Waals surface area (Å²) >= 11 is 0. The second-order valence-electron chi connectivity index (χ2n) is 8.61. The molecule has 0 aliphatic heterocycles. The van der Waals surface area contributed by atoms with Crippen molar-refractivity contribution in [3.8, 4) is 5.75 Å². The molecule has 3 rings (SSSR count). The van der Waals surface area contributed by atoms with Gasteiger partial charge in [-0.05, 0) is 42.9 Å². The Kier molecular flexibility index (Phi) is 6.80. The number of Topliss-reactive ketones (excluding diaryl/α,β-unsaturated/α-hetero) is 1. The van der Waals surface area contributed by atoms with Gasteiger partial charge in [0.25, 0.3) is 5.91 Å². The maximum atomic E-state index is 12.9. The van der Waals surface area contributed by atoms with Crippen molar-refractivity contribution in [2.45, 2.75) is 32.6 Å². The molecule has 160 valence electrons. The van der Waals surface area contributed by atoms with Crippen molar-refractivity contribution >= 4 is 11.7 Å². The van der Waals surface area contributed by atoms with Crippen molar-refractivity contribution < 1.29 is 14.3 Å². The van der Waals surface area contributed by atoms with Crippen LogP contribution in [0.1, 0.15) is 43.0 Å². The van der Waals surface area contributed by atoms with Crippen LogP contribution in [0.5, 0.6) is 5.75 Å². The molecule has 5 nitrogen and oxygen atoms in total. The number of ether oxygens (including phenoxy) is 1. The first-order valence-electron chi connectivity index (χ1n) is 10.5. The van der Waals surface area contributed by atoms with Crippen LogP contribution in [0.15, 0.2) is 59.8 Å². The van der Waals surface area contributed by atoms with E-state index in [-0.39, 0.29) is 17.1 Å². The zero-order valence-corrected chi connectivity index (χ0v) is 18.4. The van der Waals surface area contributed by atoms with Crippen LogP contribution in [-0.4, -0.2) is 44.3 Å². The van der Waals surface area contributed by atoms with Crippen LogP contribution in [0, 0.1) is 11.3 Å². The summed E-state index contributed by atoms with van der Waals surface area (Å²) in [5.41, 5.74) is 2.28. The summed E-state index contributed by atoms with van der Waals surface area (Å²) in [6.07, 6.45) is 11.4. The summed E-state index contributed by atoms with van der Waals surface area (Å²) in [5.74, 6) is 1.11. The number of rotatable bonds is 6. The Morgan fingerprint density at radius 1 is 1.33 bits per heavy atom. The lowest BCUT2D eigenvalue weighted by molar-refractivity contribution is -0.117. The van der Waals surface area contributed by atoms with Gasteiger partial charge in [-0.3, -0.25) is 9.59 Å². The predicted molar refractivity (Wildman–Crippen MR) is 119 cm³/mol. The van der Waals surface area contributed by atoms with Crippen molar-refractivity contribution in [2.75, 3.05) is 27.7 Å². The smallest absolute Gasteiger partial charge is 0.255 e. The third-order valence-corrected chi connectivity index (χ3v) is 6.00. The van der Waals surface area contributed by atoms with E-state index in [0.29, 0.717) is 36.6 Å². The first-order chi connectivity index (χ1) is 14.3. The molecule has 1 N–H and O–H groups in total. The fourth-order valence-corrected chi connectivity index (χ4v) is 4.29. The Bertz CT molecular complexity index is 897. The summed E-state index contributed by atoms with van der Waals surface area (Å²) in [6.45, 7) is 2.67. The molecule has 2 aliphatic rings. The Labute approximate surface area is 179 Å². The van der Waals surface area contributed by atoms with E-state index in [1.54, 1.807) is 19.2 Å². The highest BCUT2D eigenvalue weighted by atomic mass is 16.5. The molecule has 0 heterocycles. The lowest BCUT2D eigenvalue weighted by atomic mass is 9.65. The number of hydrogen-bond acceptors (Lipinski definition) is 4. The molecule has 0 bridgehead atoms. The fourth-order valence-electron chi connectivity index (χ4n) is 4.29. The van der Waals surface area contributed by atoms with Crippen molar-refractivity contribution in [3.63, 3.8) is 0 Å². The number of allylic oxidation sites excluding steroid dienone is 4. The van der Waals surface area contributed by atoms with Gasteiger partial charge in [0, 0.05) is 44.2 Å². The molecule has 1 aromatic rings. The van der Waals surface area contributed by atoms with Gasteiger partial charge < -0.3 is 15.0 Å². The second-order valence-corrected chi connectivity index (χ2v) is 8.61. The number of para-hydroxylation sites is 1. The van der Waals surface area contributed by atoms with Crippen LogP contribution in [0.25, 0.3) is 0 Å². The van der Waals surface area contributed by atoms with E-state index in [2.05, 4.69) is 30.5 Å². The van der Waals surface area contributed by atoms with E-state index in [4.69, 9.17) is 4.74 Å². The molecule has 0 radical (unpaired) electrons. The molecule has 2 aliphatic carbocycles. The van der Waals surface area contributed by atoms with Crippen molar-refractivity contribution in [2.24, 2.45) is 11.3 Å². The number of nitrogens with one attached hydrogen (secondary N) is 1. The Morgan fingerprint density at radius 2 is 2.10 bits per heavy atom. The molecule has 30 heavy (non-hydrogen) atoms. The molecule has 0 spiro atoms. The lowest BCUT2D eigenvalue weighted by Gasteiger charge is -2.40. The first kappa shape index (κ1) is 21.9. The number of nitrogens with zero attached hydrogens (tertiary/aromatic N) is 1. The molecule has 2 atom stereocenters. The Balaban J connectivity index is 1.88. The summed E-state index contributed by atoms with van der Waals surface area (Å²) < 4.78 is 5.34. The molecule has 0 aromatic heterocycles. The van der Waals surface area contributed by atoms with Crippen LogP contribution in [-0.2, 0) is 4.79 Å². The average molecular weight is 409 g/mol. The van der Waals surface area contributed by atoms with Gasteiger partial charge in [0.05, 0.1) is 12.7 Å². The van der Waals surface area contributed by atoms with E-state index in [0.717, 1.165) is 18.4 Å². The van der Waals surface area contributed by atoms with E-state index < -0.39 is 0 Å². The highest BCUT2D eigenvalue weighted by molar-refractivity contribution is 5.98.